The third-order valence-electron chi connectivity index (χ3n) is 3.92. The maximum atomic E-state index is 9.48. The minimum Gasteiger partial charge on any atom is -0.301 e. The molecule has 0 atom stereocenters. The van der Waals surface area contributed by atoms with Crippen molar-refractivity contribution in [1.29, 1.82) is 5.26 Å². The Balaban J connectivity index is 1.94. The minimum atomic E-state index is -0.0955. The van der Waals surface area contributed by atoms with Crippen molar-refractivity contribution in [1.82, 2.24) is 4.90 Å². The summed E-state index contributed by atoms with van der Waals surface area (Å²) in [6.07, 6.45) is 5.87. The molecule has 1 fully saturated rings. The number of hydrogen-bond donors (Lipinski definition) is 0. The Hall–Kier alpha value is -1.33. The van der Waals surface area contributed by atoms with Crippen LogP contribution in [0.4, 0.5) is 0 Å². The van der Waals surface area contributed by atoms with E-state index in [1.165, 1.54) is 24.8 Å². The molecule has 0 radical (unpaired) electrons. The lowest BCUT2D eigenvalue weighted by Gasteiger charge is -2.34. The fourth-order valence-electron chi connectivity index (χ4n) is 3.00. The minimum absolute atomic E-state index is 0.0955. The smallest absolute Gasteiger partial charge is 0.0703 e. The molecule has 0 amide bonds. The van der Waals surface area contributed by atoms with E-state index in [4.69, 9.17) is 0 Å². The lowest BCUT2D eigenvalue weighted by Crippen LogP contribution is -2.36. The van der Waals surface area contributed by atoms with Gasteiger partial charge in [0.2, 0.25) is 0 Å². The standard InChI is InChI=1S/C16H22N2/c1-18(12-15-8-4-2-5-9-15)14-16(13-17)10-6-3-7-11-16/h2,4-5,8-9H,3,6-7,10-12,14H2,1H3. The monoisotopic (exact) mass is 242 g/mol. The molecular formula is C16H22N2. The summed E-state index contributed by atoms with van der Waals surface area (Å²) >= 11 is 0. The molecule has 2 nitrogen and oxygen atoms in total. The van der Waals surface area contributed by atoms with E-state index in [0.717, 1.165) is 25.9 Å². The molecule has 0 spiro atoms. The molecule has 0 aromatic heterocycles. The Morgan fingerprint density at radius 2 is 1.83 bits per heavy atom. The zero-order chi connectivity index (χ0) is 12.8. The highest BCUT2D eigenvalue weighted by Crippen LogP contribution is 2.36. The molecule has 0 heterocycles. The molecular weight excluding hydrogens is 220 g/mol. The van der Waals surface area contributed by atoms with Crippen molar-refractivity contribution in [3.05, 3.63) is 35.9 Å². The van der Waals surface area contributed by atoms with Gasteiger partial charge in [0.1, 0.15) is 0 Å². The van der Waals surface area contributed by atoms with Crippen LogP contribution < -0.4 is 0 Å². The zero-order valence-corrected chi connectivity index (χ0v) is 11.2. The van der Waals surface area contributed by atoms with Gasteiger partial charge >= 0.3 is 0 Å². The average Bonchev–Trinajstić information content (AvgIpc) is 2.41. The second-order valence-corrected chi connectivity index (χ2v) is 5.61. The molecule has 0 N–H and O–H groups in total. The molecule has 0 aliphatic heterocycles. The first-order valence-corrected chi connectivity index (χ1v) is 6.88. The largest absolute Gasteiger partial charge is 0.301 e. The number of hydrogen-bond acceptors (Lipinski definition) is 2. The van der Waals surface area contributed by atoms with Crippen molar-refractivity contribution in [2.45, 2.75) is 38.6 Å². The predicted octanol–water partition coefficient (Wildman–Crippen LogP) is 3.59. The van der Waals surface area contributed by atoms with Gasteiger partial charge in [0.05, 0.1) is 11.5 Å². The van der Waals surface area contributed by atoms with Crippen LogP contribution in [0, 0.1) is 16.7 Å². The van der Waals surface area contributed by atoms with Gasteiger partial charge < -0.3 is 4.90 Å². The Morgan fingerprint density at radius 1 is 1.17 bits per heavy atom. The highest BCUT2D eigenvalue weighted by molar-refractivity contribution is 5.14. The van der Waals surface area contributed by atoms with E-state index < -0.39 is 0 Å². The highest BCUT2D eigenvalue weighted by Gasteiger charge is 2.33. The van der Waals surface area contributed by atoms with E-state index in [1.807, 2.05) is 6.07 Å². The zero-order valence-electron chi connectivity index (χ0n) is 11.2. The van der Waals surface area contributed by atoms with Gasteiger partial charge in [-0.15, -0.1) is 0 Å². The SMILES string of the molecule is CN(Cc1ccccc1)CC1(C#N)CCCCC1. The number of nitrogens with zero attached hydrogens (tertiary/aromatic N) is 2. The average molecular weight is 242 g/mol. The molecule has 2 heteroatoms. The quantitative estimate of drug-likeness (QED) is 0.806. The van der Waals surface area contributed by atoms with Crippen LogP contribution in [0.3, 0.4) is 0 Å². The second-order valence-electron chi connectivity index (χ2n) is 5.61. The highest BCUT2D eigenvalue weighted by atomic mass is 15.1. The van der Waals surface area contributed by atoms with E-state index in [9.17, 15) is 5.26 Å². The van der Waals surface area contributed by atoms with E-state index in [2.05, 4.69) is 42.3 Å². The summed E-state index contributed by atoms with van der Waals surface area (Å²) in [4.78, 5) is 2.30. The van der Waals surface area contributed by atoms with Gasteiger partial charge in [0, 0.05) is 13.1 Å². The molecule has 18 heavy (non-hydrogen) atoms. The van der Waals surface area contributed by atoms with Crippen molar-refractivity contribution in [3.8, 4) is 6.07 Å². The molecule has 1 aromatic carbocycles. The topological polar surface area (TPSA) is 27.0 Å². The molecule has 1 saturated carbocycles. The van der Waals surface area contributed by atoms with Gasteiger partial charge in [0.25, 0.3) is 0 Å². The Labute approximate surface area is 110 Å². The van der Waals surface area contributed by atoms with Crippen LogP contribution in [0.5, 0.6) is 0 Å². The fraction of sp³-hybridized carbons (Fsp3) is 0.562. The van der Waals surface area contributed by atoms with Crippen molar-refractivity contribution in [2.75, 3.05) is 13.6 Å². The van der Waals surface area contributed by atoms with Gasteiger partial charge in [-0.05, 0) is 25.5 Å². The first-order chi connectivity index (χ1) is 8.74. The normalized spacial score (nSPS) is 18.5. The first-order valence-electron chi connectivity index (χ1n) is 6.88. The summed E-state index contributed by atoms with van der Waals surface area (Å²) in [5.74, 6) is 0. The first kappa shape index (κ1) is 13.1. The summed E-state index contributed by atoms with van der Waals surface area (Å²) in [6, 6.07) is 13.1. The summed E-state index contributed by atoms with van der Waals surface area (Å²) < 4.78 is 0. The molecule has 0 saturated heterocycles. The van der Waals surface area contributed by atoms with E-state index >= 15 is 0 Å². The summed E-state index contributed by atoms with van der Waals surface area (Å²) in [7, 11) is 2.13. The molecule has 0 unspecified atom stereocenters. The maximum absolute atomic E-state index is 9.48. The summed E-state index contributed by atoms with van der Waals surface area (Å²) in [5, 5.41) is 9.48. The molecule has 1 aliphatic carbocycles. The van der Waals surface area contributed by atoms with Gasteiger partial charge in [-0.1, -0.05) is 49.6 Å². The van der Waals surface area contributed by atoms with Crippen LogP contribution in [0.25, 0.3) is 0 Å². The van der Waals surface area contributed by atoms with Crippen molar-refractivity contribution >= 4 is 0 Å². The van der Waals surface area contributed by atoms with E-state index in [1.54, 1.807) is 0 Å². The predicted molar refractivity (Wildman–Crippen MR) is 73.9 cm³/mol. The molecule has 96 valence electrons. The second kappa shape index (κ2) is 6.02. The van der Waals surface area contributed by atoms with Gasteiger partial charge in [-0.3, -0.25) is 0 Å². The van der Waals surface area contributed by atoms with Crippen molar-refractivity contribution in [3.63, 3.8) is 0 Å². The summed E-state index contributed by atoms with van der Waals surface area (Å²) in [5.41, 5.74) is 1.23. The van der Waals surface area contributed by atoms with Crippen LogP contribution in [0.1, 0.15) is 37.7 Å². The fourth-order valence-corrected chi connectivity index (χ4v) is 3.00. The van der Waals surface area contributed by atoms with Crippen LogP contribution >= 0.6 is 0 Å². The van der Waals surface area contributed by atoms with Gasteiger partial charge in [-0.25, -0.2) is 0 Å². The third-order valence-corrected chi connectivity index (χ3v) is 3.92. The van der Waals surface area contributed by atoms with Gasteiger partial charge in [-0.2, -0.15) is 5.26 Å². The van der Waals surface area contributed by atoms with Crippen LogP contribution in [0.15, 0.2) is 30.3 Å². The third kappa shape index (κ3) is 3.34. The van der Waals surface area contributed by atoms with Crippen LogP contribution in [0.2, 0.25) is 0 Å². The van der Waals surface area contributed by atoms with Gasteiger partial charge in [0.15, 0.2) is 0 Å². The lowest BCUT2D eigenvalue weighted by molar-refractivity contribution is 0.170. The Bertz CT molecular complexity index is 399. The van der Waals surface area contributed by atoms with Crippen LogP contribution in [-0.2, 0) is 6.54 Å². The maximum Gasteiger partial charge on any atom is 0.0703 e. The van der Waals surface area contributed by atoms with Crippen molar-refractivity contribution < 1.29 is 0 Å². The molecule has 1 aliphatic rings. The molecule has 1 aromatic rings. The molecule has 2 rings (SSSR count). The number of benzene rings is 1. The lowest BCUT2D eigenvalue weighted by atomic mass is 9.75. The summed E-state index contributed by atoms with van der Waals surface area (Å²) in [6.45, 7) is 1.84. The number of rotatable bonds is 4. The van der Waals surface area contributed by atoms with Crippen molar-refractivity contribution in [2.24, 2.45) is 5.41 Å². The van der Waals surface area contributed by atoms with Crippen LogP contribution in [-0.4, -0.2) is 18.5 Å². The number of nitriles is 1. The van der Waals surface area contributed by atoms with E-state index in [-0.39, 0.29) is 5.41 Å². The Kier molecular flexibility index (Phi) is 4.38. The van der Waals surface area contributed by atoms with E-state index in [0.29, 0.717) is 0 Å². The Morgan fingerprint density at radius 3 is 2.44 bits per heavy atom. The molecule has 0 bridgehead atoms.